The molecule has 0 bridgehead atoms. The number of nitrogens with zero attached hydrogens (tertiary/aromatic N) is 1. The zero-order chi connectivity index (χ0) is 23.9. The highest BCUT2D eigenvalue weighted by Gasteiger charge is 2.35. The minimum atomic E-state index is -0.410. The number of likely N-dealkylation sites (tertiary alicyclic amines) is 1. The summed E-state index contributed by atoms with van der Waals surface area (Å²) in [6.07, 6.45) is 0.396. The number of carbonyl (C=O) groups is 2. The van der Waals surface area contributed by atoms with E-state index in [0.29, 0.717) is 37.3 Å². The highest BCUT2D eigenvalue weighted by molar-refractivity contribution is 5.93. The zero-order valence-corrected chi connectivity index (χ0v) is 18.7. The summed E-state index contributed by atoms with van der Waals surface area (Å²) < 4.78 is 26.7. The van der Waals surface area contributed by atoms with E-state index in [2.05, 4.69) is 15.5 Å². The molecule has 0 radical (unpaired) electrons. The Balaban J connectivity index is 1.45. The van der Waals surface area contributed by atoms with Crippen molar-refractivity contribution in [3.8, 4) is 0 Å². The number of hydrogen-bond acceptors (Lipinski definition) is 3. The molecule has 34 heavy (non-hydrogen) atoms. The van der Waals surface area contributed by atoms with Crippen molar-refractivity contribution in [2.45, 2.75) is 19.5 Å². The van der Waals surface area contributed by atoms with Gasteiger partial charge in [-0.3, -0.25) is 14.5 Å². The first-order valence-electron chi connectivity index (χ1n) is 11.3. The van der Waals surface area contributed by atoms with Gasteiger partial charge in [-0.25, -0.2) is 8.78 Å². The summed E-state index contributed by atoms with van der Waals surface area (Å²) in [7, 11) is 0. The van der Waals surface area contributed by atoms with E-state index in [4.69, 9.17) is 0 Å². The van der Waals surface area contributed by atoms with Crippen LogP contribution in [0.3, 0.4) is 0 Å². The number of carbonyl (C=O) groups excluding carboxylic acids is 2. The molecule has 0 spiro atoms. The smallest absolute Gasteiger partial charge is 0.228 e. The third-order valence-corrected chi connectivity index (χ3v) is 5.98. The van der Waals surface area contributed by atoms with Crippen molar-refractivity contribution >= 4 is 17.5 Å². The van der Waals surface area contributed by atoms with Crippen molar-refractivity contribution in [3.63, 3.8) is 0 Å². The Hall–Kier alpha value is -3.58. The zero-order valence-electron chi connectivity index (χ0n) is 18.7. The summed E-state index contributed by atoms with van der Waals surface area (Å²) in [5.41, 5.74) is 2.29. The average molecular weight is 464 g/mol. The Morgan fingerprint density at radius 3 is 2.18 bits per heavy atom. The van der Waals surface area contributed by atoms with E-state index in [1.165, 1.54) is 36.4 Å². The Morgan fingerprint density at radius 2 is 1.47 bits per heavy atom. The van der Waals surface area contributed by atoms with Crippen molar-refractivity contribution in [2.24, 2.45) is 11.8 Å². The molecule has 3 aromatic rings. The van der Waals surface area contributed by atoms with E-state index in [0.717, 1.165) is 5.56 Å². The van der Waals surface area contributed by atoms with Crippen LogP contribution in [-0.2, 0) is 22.7 Å². The molecular weight excluding hydrogens is 436 g/mol. The Bertz CT molecular complexity index is 1120. The van der Waals surface area contributed by atoms with E-state index in [1.54, 1.807) is 12.1 Å². The van der Waals surface area contributed by atoms with E-state index in [-0.39, 0.29) is 30.0 Å². The van der Waals surface area contributed by atoms with Gasteiger partial charge in [-0.2, -0.15) is 0 Å². The number of piperidine rings is 1. The molecule has 1 heterocycles. The molecule has 1 aliphatic heterocycles. The highest BCUT2D eigenvalue weighted by Crippen LogP contribution is 2.25. The second kappa shape index (κ2) is 11.0. The van der Waals surface area contributed by atoms with Crippen LogP contribution < -0.4 is 10.6 Å². The van der Waals surface area contributed by atoms with Gasteiger partial charge in [0.25, 0.3) is 0 Å². The molecule has 1 fully saturated rings. The number of nitrogens with one attached hydrogen (secondary N) is 2. The van der Waals surface area contributed by atoms with Crippen LogP contribution in [0.5, 0.6) is 0 Å². The summed E-state index contributed by atoms with van der Waals surface area (Å²) in [5, 5.41) is 5.73. The van der Waals surface area contributed by atoms with Gasteiger partial charge in [0, 0.05) is 31.9 Å². The predicted molar refractivity (Wildman–Crippen MR) is 127 cm³/mol. The maximum Gasteiger partial charge on any atom is 0.228 e. The number of hydrogen-bond donors (Lipinski definition) is 2. The molecule has 2 atom stereocenters. The van der Waals surface area contributed by atoms with Crippen molar-refractivity contribution in [3.05, 3.63) is 102 Å². The first-order valence-corrected chi connectivity index (χ1v) is 11.3. The minimum Gasteiger partial charge on any atom is -0.352 e. The summed E-state index contributed by atoms with van der Waals surface area (Å²) in [5.74, 6) is -1.90. The van der Waals surface area contributed by atoms with Crippen molar-refractivity contribution < 1.29 is 18.4 Å². The quantitative estimate of drug-likeness (QED) is 0.548. The predicted octanol–water partition coefficient (Wildman–Crippen LogP) is 4.36. The first-order chi connectivity index (χ1) is 16.5. The standard InChI is InChI=1S/C27H27F2N3O2/c28-23-9-11-25(12-10-23)31-27(34)22-14-21(17-32(18-22)16-19-5-2-1-3-6-19)26(33)30-15-20-7-4-8-24(29)13-20/h1-13,21-22H,14-18H2,(H,30,33)(H,31,34)/t21-,22+/m0/s1. The summed E-state index contributed by atoms with van der Waals surface area (Å²) in [6, 6.07) is 21.6. The van der Waals surface area contributed by atoms with E-state index in [9.17, 15) is 18.4 Å². The summed E-state index contributed by atoms with van der Waals surface area (Å²) in [6.45, 7) is 1.87. The number of halogens is 2. The highest BCUT2D eigenvalue weighted by atomic mass is 19.1. The molecule has 4 rings (SSSR count). The lowest BCUT2D eigenvalue weighted by Gasteiger charge is -2.36. The van der Waals surface area contributed by atoms with Crippen molar-refractivity contribution in [1.82, 2.24) is 10.2 Å². The number of benzene rings is 3. The van der Waals surface area contributed by atoms with Crippen molar-refractivity contribution in [1.29, 1.82) is 0 Å². The Kier molecular flexibility index (Phi) is 7.65. The number of amides is 2. The van der Waals surface area contributed by atoms with Crippen LogP contribution in [-0.4, -0.2) is 29.8 Å². The Morgan fingerprint density at radius 1 is 0.794 bits per heavy atom. The molecular formula is C27H27F2N3O2. The molecule has 3 aromatic carbocycles. The van der Waals surface area contributed by atoms with Gasteiger partial charge >= 0.3 is 0 Å². The molecule has 0 aliphatic carbocycles. The van der Waals surface area contributed by atoms with Crippen LogP contribution in [0, 0.1) is 23.5 Å². The van der Waals surface area contributed by atoms with Gasteiger partial charge in [0.05, 0.1) is 11.8 Å². The van der Waals surface area contributed by atoms with Gasteiger partial charge < -0.3 is 10.6 Å². The van der Waals surface area contributed by atoms with Crippen LogP contribution in [0.2, 0.25) is 0 Å². The minimum absolute atomic E-state index is 0.165. The fraction of sp³-hybridized carbons (Fsp3) is 0.259. The molecule has 0 aromatic heterocycles. The molecule has 2 amide bonds. The first kappa shape index (κ1) is 23.6. The van der Waals surface area contributed by atoms with Gasteiger partial charge in [-0.1, -0.05) is 42.5 Å². The maximum atomic E-state index is 13.5. The third-order valence-electron chi connectivity index (χ3n) is 5.98. The van der Waals surface area contributed by atoms with Crippen LogP contribution in [0.4, 0.5) is 14.5 Å². The molecule has 2 N–H and O–H groups in total. The number of anilines is 1. The normalized spacial score (nSPS) is 18.3. The van der Waals surface area contributed by atoms with Gasteiger partial charge in [-0.05, 0) is 53.9 Å². The van der Waals surface area contributed by atoms with Gasteiger partial charge in [-0.15, -0.1) is 0 Å². The monoisotopic (exact) mass is 463 g/mol. The van der Waals surface area contributed by atoms with E-state index < -0.39 is 11.8 Å². The molecule has 176 valence electrons. The van der Waals surface area contributed by atoms with Crippen molar-refractivity contribution in [2.75, 3.05) is 18.4 Å². The van der Waals surface area contributed by atoms with Gasteiger partial charge in [0.15, 0.2) is 0 Å². The average Bonchev–Trinajstić information content (AvgIpc) is 2.84. The van der Waals surface area contributed by atoms with E-state index in [1.807, 2.05) is 30.3 Å². The lowest BCUT2D eigenvalue weighted by Crippen LogP contribution is -2.48. The lowest BCUT2D eigenvalue weighted by atomic mass is 9.87. The fourth-order valence-corrected chi connectivity index (χ4v) is 4.30. The molecule has 5 nitrogen and oxygen atoms in total. The summed E-state index contributed by atoms with van der Waals surface area (Å²) in [4.78, 5) is 28.2. The van der Waals surface area contributed by atoms with Gasteiger partial charge in [0.2, 0.25) is 11.8 Å². The largest absolute Gasteiger partial charge is 0.352 e. The second-order valence-electron chi connectivity index (χ2n) is 8.65. The maximum absolute atomic E-state index is 13.5. The summed E-state index contributed by atoms with van der Waals surface area (Å²) >= 11 is 0. The third kappa shape index (κ3) is 6.48. The van der Waals surface area contributed by atoms with Crippen LogP contribution in [0.25, 0.3) is 0 Å². The molecule has 0 unspecified atom stereocenters. The van der Waals surface area contributed by atoms with Crippen LogP contribution >= 0.6 is 0 Å². The van der Waals surface area contributed by atoms with Crippen LogP contribution in [0.1, 0.15) is 17.5 Å². The van der Waals surface area contributed by atoms with E-state index >= 15 is 0 Å². The topological polar surface area (TPSA) is 61.4 Å². The SMILES string of the molecule is O=C(NCc1cccc(F)c1)[C@H]1C[C@@H](C(=O)Nc2ccc(F)cc2)CN(Cc2ccccc2)C1. The second-order valence-corrected chi connectivity index (χ2v) is 8.65. The Labute approximate surface area is 197 Å². The molecule has 0 saturated carbocycles. The fourth-order valence-electron chi connectivity index (χ4n) is 4.30. The van der Waals surface area contributed by atoms with Crippen LogP contribution in [0.15, 0.2) is 78.9 Å². The lowest BCUT2D eigenvalue weighted by molar-refractivity contribution is -0.130. The molecule has 7 heteroatoms. The molecule has 1 saturated heterocycles. The van der Waals surface area contributed by atoms with Gasteiger partial charge in [0.1, 0.15) is 11.6 Å². The molecule has 1 aliphatic rings. The number of rotatable bonds is 7.